The number of hydrogen-bond donors (Lipinski definition) is 1. The van der Waals surface area contributed by atoms with E-state index in [1.807, 2.05) is 26.8 Å². The number of allylic oxidation sites excluding steroid dienone is 2. The SMILES string of the molecule is C/C=C(\CC)NC(=O)CC. The Morgan fingerprint density at radius 1 is 1.40 bits per heavy atom. The highest BCUT2D eigenvalue weighted by molar-refractivity contribution is 5.77. The van der Waals surface area contributed by atoms with Gasteiger partial charge in [0.2, 0.25) is 5.91 Å². The maximum absolute atomic E-state index is 10.8. The molecular formula is C8H15NO. The molecule has 0 heterocycles. The van der Waals surface area contributed by atoms with E-state index in [0.717, 1.165) is 12.1 Å². The van der Waals surface area contributed by atoms with Gasteiger partial charge in [0.15, 0.2) is 0 Å². The molecule has 10 heavy (non-hydrogen) atoms. The van der Waals surface area contributed by atoms with E-state index in [1.54, 1.807) is 0 Å². The van der Waals surface area contributed by atoms with E-state index < -0.39 is 0 Å². The van der Waals surface area contributed by atoms with Crippen LogP contribution in [0.4, 0.5) is 0 Å². The third-order valence-corrected chi connectivity index (χ3v) is 1.35. The molecule has 0 rings (SSSR count). The minimum atomic E-state index is 0.0925. The van der Waals surface area contributed by atoms with Gasteiger partial charge in [-0.1, -0.05) is 19.9 Å². The van der Waals surface area contributed by atoms with Crippen molar-refractivity contribution in [1.82, 2.24) is 5.32 Å². The second-order valence-corrected chi connectivity index (χ2v) is 2.07. The maximum Gasteiger partial charge on any atom is 0.223 e. The Bertz CT molecular complexity index is 138. The molecule has 0 radical (unpaired) electrons. The van der Waals surface area contributed by atoms with Crippen molar-refractivity contribution in [2.24, 2.45) is 0 Å². The molecule has 0 aliphatic rings. The van der Waals surface area contributed by atoms with Gasteiger partial charge in [0.25, 0.3) is 0 Å². The van der Waals surface area contributed by atoms with Crippen LogP contribution >= 0.6 is 0 Å². The molecule has 0 saturated heterocycles. The molecule has 0 bridgehead atoms. The van der Waals surface area contributed by atoms with Crippen LogP contribution in [0.3, 0.4) is 0 Å². The van der Waals surface area contributed by atoms with Crippen LogP contribution in [0.5, 0.6) is 0 Å². The molecule has 0 unspecified atom stereocenters. The lowest BCUT2D eigenvalue weighted by Crippen LogP contribution is -2.20. The summed E-state index contributed by atoms with van der Waals surface area (Å²) in [7, 11) is 0. The Kier molecular flexibility index (Phi) is 4.63. The minimum absolute atomic E-state index is 0.0925. The van der Waals surface area contributed by atoms with E-state index in [1.165, 1.54) is 0 Å². The van der Waals surface area contributed by atoms with Crippen LogP contribution in [0.1, 0.15) is 33.6 Å². The third kappa shape index (κ3) is 3.28. The summed E-state index contributed by atoms with van der Waals surface area (Å²) in [5.41, 5.74) is 1.01. The van der Waals surface area contributed by atoms with E-state index in [9.17, 15) is 4.79 Å². The predicted molar refractivity (Wildman–Crippen MR) is 42.5 cm³/mol. The normalized spacial score (nSPS) is 11.3. The molecule has 2 heteroatoms. The number of carbonyl (C=O) groups is 1. The average molecular weight is 141 g/mol. The quantitative estimate of drug-likeness (QED) is 0.638. The van der Waals surface area contributed by atoms with Crippen molar-refractivity contribution < 1.29 is 4.79 Å². The van der Waals surface area contributed by atoms with E-state index in [0.29, 0.717) is 6.42 Å². The molecule has 58 valence electrons. The van der Waals surface area contributed by atoms with Gasteiger partial charge in [0.1, 0.15) is 0 Å². The second kappa shape index (κ2) is 5.03. The van der Waals surface area contributed by atoms with E-state index in [4.69, 9.17) is 0 Å². The molecule has 0 saturated carbocycles. The van der Waals surface area contributed by atoms with E-state index in [-0.39, 0.29) is 5.91 Å². The second-order valence-electron chi connectivity index (χ2n) is 2.07. The Hall–Kier alpha value is -0.790. The van der Waals surface area contributed by atoms with Crippen LogP contribution in [-0.2, 0) is 4.79 Å². The Morgan fingerprint density at radius 3 is 2.30 bits per heavy atom. The van der Waals surface area contributed by atoms with Gasteiger partial charge in [-0.2, -0.15) is 0 Å². The molecule has 0 fully saturated rings. The lowest BCUT2D eigenvalue weighted by Gasteiger charge is -2.03. The van der Waals surface area contributed by atoms with Crippen molar-refractivity contribution in [3.63, 3.8) is 0 Å². The lowest BCUT2D eigenvalue weighted by molar-refractivity contribution is -0.120. The molecule has 0 aliphatic carbocycles. The number of rotatable bonds is 3. The molecule has 1 amide bonds. The first kappa shape index (κ1) is 9.21. The molecular weight excluding hydrogens is 126 g/mol. The first-order valence-corrected chi connectivity index (χ1v) is 3.69. The zero-order valence-electron chi connectivity index (χ0n) is 6.90. The van der Waals surface area contributed by atoms with Crippen molar-refractivity contribution in [1.29, 1.82) is 0 Å². The Balaban J connectivity index is 3.76. The van der Waals surface area contributed by atoms with Gasteiger partial charge in [-0.3, -0.25) is 4.79 Å². The largest absolute Gasteiger partial charge is 0.330 e. The number of amides is 1. The van der Waals surface area contributed by atoms with Gasteiger partial charge >= 0.3 is 0 Å². The van der Waals surface area contributed by atoms with Crippen LogP contribution in [-0.4, -0.2) is 5.91 Å². The molecule has 0 spiro atoms. The zero-order chi connectivity index (χ0) is 7.98. The number of carbonyl (C=O) groups excluding carboxylic acids is 1. The molecule has 2 nitrogen and oxygen atoms in total. The molecule has 0 aromatic carbocycles. The van der Waals surface area contributed by atoms with Crippen LogP contribution < -0.4 is 5.32 Å². The highest BCUT2D eigenvalue weighted by Crippen LogP contribution is 1.94. The van der Waals surface area contributed by atoms with Crippen molar-refractivity contribution in [2.75, 3.05) is 0 Å². The summed E-state index contributed by atoms with van der Waals surface area (Å²) in [6, 6.07) is 0. The van der Waals surface area contributed by atoms with Crippen molar-refractivity contribution >= 4 is 5.91 Å². The zero-order valence-corrected chi connectivity index (χ0v) is 6.90. The highest BCUT2D eigenvalue weighted by Gasteiger charge is 1.96. The topological polar surface area (TPSA) is 29.1 Å². The Morgan fingerprint density at radius 2 is 2.00 bits per heavy atom. The van der Waals surface area contributed by atoms with Crippen molar-refractivity contribution in [3.05, 3.63) is 11.8 Å². The first-order chi connectivity index (χ1) is 4.74. The van der Waals surface area contributed by atoms with Gasteiger partial charge in [-0.05, 0) is 13.3 Å². The number of nitrogens with one attached hydrogen (secondary N) is 1. The van der Waals surface area contributed by atoms with E-state index >= 15 is 0 Å². The first-order valence-electron chi connectivity index (χ1n) is 3.69. The van der Waals surface area contributed by atoms with Crippen molar-refractivity contribution in [2.45, 2.75) is 33.6 Å². The standard InChI is InChI=1S/C8H15NO/c1-4-7(5-2)9-8(10)6-3/h4H,5-6H2,1-3H3,(H,9,10)/b7-4+. The molecule has 0 aromatic rings. The summed E-state index contributed by atoms with van der Waals surface area (Å²) in [4.78, 5) is 10.8. The fraction of sp³-hybridized carbons (Fsp3) is 0.625. The van der Waals surface area contributed by atoms with Crippen molar-refractivity contribution in [3.8, 4) is 0 Å². The molecule has 1 N–H and O–H groups in total. The minimum Gasteiger partial charge on any atom is -0.330 e. The van der Waals surface area contributed by atoms with Gasteiger partial charge in [0, 0.05) is 12.1 Å². The van der Waals surface area contributed by atoms with Gasteiger partial charge in [0.05, 0.1) is 0 Å². The predicted octanol–water partition coefficient (Wildman–Crippen LogP) is 1.83. The maximum atomic E-state index is 10.8. The average Bonchev–Trinajstić information content (AvgIpc) is 1.99. The molecule has 0 aliphatic heterocycles. The molecule has 0 atom stereocenters. The fourth-order valence-electron chi connectivity index (χ4n) is 0.632. The van der Waals surface area contributed by atoms with Gasteiger partial charge in [-0.25, -0.2) is 0 Å². The lowest BCUT2D eigenvalue weighted by atomic mass is 10.3. The summed E-state index contributed by atoms with van der Waals surface area (Å²) in [5, 5.41) is 2.79. The summed E-state index contributed by atoms with van der Waals surface area (Å²) in [6.45, 7) is 5.79. The number of hydrogen-bond acceptors (Lipinski definition) is 1. The van der Waals surface area contributed by atoms with Crippen LogP contribution in [0.25, 0.3) is 0 Å². The summed E-state index contributed by atoms with van der Waals surface area (Å²) < 4.78 is 0. The highest BCUT2D eigenvalue weighted by atomic mass is 16.1. The molecule has 0 aromatic heterocycles. The summed E-state index contributed by atoms with van der Waals surface area (Å²) >= 11 is 0. The van der Waals surface area contributed by atoms with Gasteiger partial charge in [-0.15, -0.1) is 0 Å². The summed E-state index contributed by atoms with van der Waals surface area (Å²) in [5.74, 6) is 0.0925. The monoisotopic (exact) mass is 141 g/mol. The smallest absolute Gasteiger partial charge is 0.223 e. The Labute approximate surface area is 62.3 Å². The fourth-order valence-corrected chi connectivity index (χ4v) is 0.632. The van der Waals surface area contributed by atoms with Crippen LogP contribution in [0.15, 0.2) is 11.8 Å². The third-order valence-electron chi connectivity index (χ3n) is 1.35. The van der Waals surface area contributed by atoms with E-state index in [2.05, 4.69) is 5.32 Å². The van der Waals surface area contributed by atoms with Crippen LogP contribution in [0.2, 0.25) is 0 Å². The van der Waals surface area contributed by atoms with Crippen LogP contribution in [0, 0.1) is 0 Å². The van der Waals surface area contributed by atoms with Gasteiger partial charge < -0.3 is 5.32 Å². The summed E-state index contributed by atoms with van der Waals surface area (Å²) in [6.07, 6.45) is 3.37.